The van der Waals surface area contributed by atoms with Crippen molar-refractivity contribution in [3.8, 4) is 34.2 Å². The minimum atomic E-state index is -0.400. The van der Waals surface area contributed by atoms with Crippen molar-refractivity contribution in [1.29, 1.82) is 0 Å². The Balaban J connectivity index is 1.62. The third-order valence-corrected chi connectivity index (χ3v) is 5.42. The molecule has 0 aliphatic heterocycles. The summed E-state index contributed by atoms with van der Waals surface area (Å²) in [5.41, 5.74) is 2.76. The fourth-order valence-corrected chi connectivity index (χ4v) is 3.73. The van der Waals surface area contributed by atoms with Crippen LogP contribution in [0.25, 0.3) is 27.8 Å². The SMILES string of the molecule is COc1ccc(OC)c(-c2nn(-c3ccccc3)cc2C(=O)Nc2n[nH]c3cc(O)ccc23)c1. The lowest BCUT2D eigenvalue weighted by Gasteiger charge is -2.10. The molecule has 0 radical (unpaired) electrons. The number of carbonyl (C=O) groups excluding carboxylic acids is 1. The molecule has 5 rings (SSSR count). The number of para-hydroxylation sites is 1. The van der Waals surface area contributed by atoms with E-state index in [1.807, 2.05) is 30.3 Å². The highest BCUT2D eigenvalue weighted by Gasteiger charge is 2.23. The average molecular weight is 455 g/mol. The number of fused-ring (bicyclic) bond motifs is 1. The number of anilines is 1. The van der Waals surface area contributed by atoms with Crippen molar-refractivity contribution in [1.82, 2.24) is 20.0 Å². The summed E-state index contributed by atoms with van der Waals surface area (Å²) >= 11 is 0. The van der Waals surface area contributed by atoms with Gasteiger partial charge in [-0.15, -0.1) is 0 Å². The number of hydrogen-bond donors (Lipinski definition) is 3. The van der Waals surface area contributed by atoms with Gasteiger partial charge in [0.2, 0.25) is 0 Å². The fourth-order valence-electron chi connectivity index (χ4n) is 3.73. The van der Waals surface area contributed by atoms with E-state index in [1.165, 1.54) is 12.1 Å². The first-order valence-corrected chi connectivity index (χ1v) is 10.4. The van der Waals surface area contributed by atoms with Gasteiger partial charge in [0.1, 0.15) is 22.9 Å². The van der Waals surface area contributed by atoms with E-state index in [-0.39, 0.29) is 5.75 Å². The van der Waals surface area contributed by atoms with Crippen LogP contribution in [0.15, 0.2) is 72.9 Å². The molecule has 3 N–H and O–H groups in total. The van der Waals surface area contributed by atoms with E-state index in [9.17, 15) is 9.90 Å². The van der Waals surface area contributed by atoms with Crippen LogP contribution in [0.1, 0.15) is 10.4 Å². The maximum atomic E-state index is 13.5. The number of aromatic amines is 1. The lowest BCUT2D eigenvalue weighted by Crippen LogP contribution is -2.13. The molecule has 1 amide bonds. The Morgan fingerprint density at radius 3 is 2.62 bits per heavy atom. The number of nitrogens with zero attached hydrogens (tertiary/aromatic N) is 3. The molecule has 0 aliphatic rings. The van der Waals surface area contributed by atoms with Crippen molar-refractivity contribution >= 4 is 22.6 Å². The Bertz CT molecular complexity index is 1490. The lowest BCUT2D eigenvalue weighted by molar-refractivity contribution is 0.102. The Hall–Kier alpha value is -4.79. The number of nitrogens with one attached hydrogen (secondary N) is 2. The van der Waals surface area contributed by atoms with Gasteiger partial charge in [0.05, 0.1) is 31.0 Å². The van der Waals surface area contributed by atoms with E-state index in [0.717, 1.165) is 5.69 Å². The highest BCUT2D eigenvalue weighted by molar-refractivity contribution is 6.11. The number of rotatable bonds is 6. The monoisotopic (exact) mass is 455 g/mol. The van der Waals surface area contributed by atoms with Crippen LogP contribution in [0.4, 0.5) is 5.82 Å². The summed E-state index contributed by atoms with van der Waals surface area (Å²) in [7, 11) is 3.13. The second-order valence-electron chi connectivity index (χ2n) is 7.49. The molecule has 2 heterocycles. The van der Waals surface area contributed by atoms with Gasteiger partial charge in [-0.25, -0.2) is 4.68 Å². The molecule has 5 aromatic rings. The molecule has 3 aromatic carbocycles. The molecule has 9 heteroatoms. The molecule has 2 aromatic heterocycles. The number of benzene rings is 3. The number of H-pyrrole nitrogens is 1. The Labute approximate surface area is 194 Å². The molecule has 170 valence electrons. The third-order valence-electron chi connectivity index (χ3n) is 5.42. The van der Waals surface area contributed by atoms with Gasteiger partial charge in [-0.05, 0) is 42.5 Å². The molecule has 34 heavy (non-hydrogen) atoms. The second-order valence-corrected chi connectivity index (χ2v) is 7.49. The molecule has 0 saturated heterocycles. The average Bonchev–Trinajstić information content (AvgIpc) is 3.48. The first-order chi connectivity index (χ1) is 16.6. The van der Waals surface area contributed by atoms with Gasteiger partial charge in [0, 0.05) is 23.2 Å². The van der Waals surface area contributed by atoms with Crippen LogP contribution >= 0.6 is 0 Å². The predicted octanol–water partition coefficient (Wildman–Crippen LogP) is 4.39. The standard InChI is InChI=1S/C25H21N5O4/c1-33-17-9-11-22(34-2)19(13-17)23-20(14-30(29-23)15-6-4-3-5-7-15)25(32)26-24-18-10-8-16(31)12-21(18)27-28-24/h3-14,31H,1-2H3,(H2,26,27,28,32). The van der Waals surface area contributed by atoms with Crippen LogP contribution in [0.5, 0.6) is 17.2 Å². The van der Waals surface area contributed by atoms with Gasteiger partial charge in [-0.3, -0.25) is 9.89 Å². The van der Waals surface area contributed by atoms with E-state index < -0.39 is 5.91 Å². The lowest BCUT2D eigenvalue weighted by atomic mass is 10.1. The van der Waals surface area contributed by atoms with Gasteiger partial charge in [0.25, 0.3) is 5.91 Å². The highest BCUT2D eigenvalue weighted by atomic mass is 16.5. The quantitative estimate of drug-likeness (QED) is 0.350. The van der Waals surface area contributed by atoms with Crippen LogP contribution in [-0.2, 0) is 0 Å². The van der Waals surface area contributed by atoms with Gasteiger partial charge >= 0.3 is 0 Å². The number of aromatic hydroxyl groups is 1. The zero-order valence-electron chi connectivity index (χ0n) is 18.4. The number of hydrogen-bond acceptors (Lipinski definition) is 6. The minimum Gasteiger partial charge on any atom is -0.508 e. The summed E-state index contributed by atoms with van der Waals surface area (Å²) in [5, 5.41) is 24.9. The smallest absolute Gasteiger partial charge is 0.260 e. The first-order valence-electron chi connectivity index (χ1n) is 10.4. The first kappa shape index (κ1) is 21.1. The fraction of sp³-hybridized carbons (Fsp3) is 0.0800. The molecule has 0 unspecified atom stereocenters. The Kier molecular flexibility index (Phi) is 5.35. The van der Waals surface area contributed by atoms with Crippen molar-refractivity contribution in [3.63, 3.8) is 0 Å². The second kappa shape index (κ2) is 8.62. The van der Waals surface area contributed by atoms with Gasteiger partial charge in [-0.1, -0.05) is 18.2 Å². The maximum absolute atomic E-state index is 13.5. The number of methoxy groups -OCH3 is 2. The normalized spacial score (nSPS) is 10.9. The zero-order chi connectivity index (χ0) is 23.7. The largest absolute Gasteiger partial charge is 0.508 e. The molecule has 0 aliphatic carbocycles. The van der Waals surface area contributed by atoms with Crippen molar-refractivity contribution < 1.29 is 19.4 Å². The van der Waals surface area contributed by atoms with Crippen LogP contribution in [0.2, 0.25) is 0 Å². The van der Waals surface area contributed by atoms with Crippen molar-refractivity contribution in [2.24, 2.45) is 0 Å². The highest BCUT2D eigenvalue weighted by Crippen LogP contribution is 2.35. The summed E-state index contributed by atoms with van der Waals surface area (Å²) in [5.74, 6) is 1.20. The maximum Gasteiger partial charge on any atom is 0.260 e. The van der Waals surface area contributed by atoms with Crippen LogP contribution in [0, 0.1) is 0 Å². The molecule has 0 spiro atoms. The van der Waals surface area contributed by atoms with E-state index >= 15 is 0 Å². The summed E-state index contributed by atoms with van der Waals surface area (Å²) < 4.78 is 12.6. The molecule has 9 nitrogen and oxygen atoms in total. The molecule has 0 fully saturated rings. The molecule has 0 bridgehead atoms. The van der Waals surface area contributed by atoms with E-state index in [1.54, 1.807) is 49.4 Å². The summed E-state index contributed by atoms with van der Waals surface area (Å²) in [6.45, 7) is 0. The number of amides is 1. The third kappa shape index (κ3) is 3.79. The van der Waals surface area contributed by atoms with E-state index in [2.05, 4.69) is 15.5 Å². The summed E-state index contributed by atoms with van der Waals surface area (Å²) in [6, 6.07) is 19.6. The Morgan fingerprint density at radius 2 is 1.85 bits per heavy atom. The number of ether oxygens (including phenoxy) is 2. The molecule has 0 saturated carbocycles. The minimum absolute atomic E-state index is 0.102. The van der Waals surface area contributed by atoms with Gasteiger partial charge in [-0.2, -0.15) is 10.2 Å². The number of aromatic nitrogens is 4. The van der Waals surface area contributed by atoms with E-state index in [0.29, 0.717) is 45.0 Å². The van der Waals surface area contributed by atoms with Crippen LogP contribution in [-0.4, -0.2) is 45.2 Å². The zero-order valence-corrected chi connectivity index (χ0v) is 18.4. The van der Waals surface area contributed by atoms with Crippen molar-refractivity contribution in [2.45, 2.75) is 0 Å². The number of carbonyl (C=O) groups is 1. The topological polar surface area (TPSA) is 114 Å². The Morgan fingerprint density at radius 1 is 1.03 bits per heavy atom. The van der Waals surface area contributed by atoms with Crippen molar-refractivity contribution in [3.05, 3.63) is 78.5 Å². The summed E-state index contributed by atoms with van der Waals surface area (Å²) in [6.07, 6.45) is 1.67. The predicted molar refractivity (Wildman–Crippen MR) is 128 cm³/mol. The van der Waals surface area contributed by atoms with E-state index in [4.69, 9.17) is 14.6 Å². The number of phenolic OH excluding ortho intramolecular Hbond substituents is 1. The summed E-state index contributed by atoms with van der Waals surface area (Å²) in [4.78, 5) is 13.5. The molecular weight excluding hydrogens is 434 g/mol. The molecular formula is C25H21N5O4. The van der Waals surface area contributed by atoms with Crippen LogP contribution in [0.3, 0.4) is 0 Å². The number of phenols is 1. The van der Waals surface area contributed by atoms with Gasteiger partial charge < -0.3 is 19.9 Å². The van der Waals surface area contributed by atoms with Gasteiger partial charge in [0.15, 0.2) is 5.82 Å². The van der Waals surface area contributed by atoms with Crippen molar-refractivity contribution in [2.75, 3.05) is 19.5 Å². The molecule has 0 atom stereocenters. The van der Waals surface area contributed by atoms with Crippen LogP contribution < -0.4 is 14.8 Å².